The average molecular weight is 640 g/mol. The second kappa shape index (κ2) is 13.1. The molecular weight excluding hydrogens is 614 g/mol. The molecule has 5 aromatic rings. The predicted octanol–water partition coefficient (Wildman–Crippen LogP) is 8.00. The second-order valence-electron chi connectivity index (χ2n) is 10.1. The van der Waals surface area contributed by atoms with Crippen molar-refractivity contribution in [1.29, 1.82) is 0 Å². The van der Waals surface area contributed by atoms with Crippen LogP contribution in [-0.2, 0) is 21.9 Å². The van der Waals surface area contributed by atoms with Crippen molar-refractivity contribution in [2.45, 2.75) is 29.7 Å². The summed E-state index contributed by atoms with van der Waals surface area (Å²) in [5.41, 5.74) is 4.25. The number of aliphatic hydroxyl groups excluding tert-OH is 1. The Morgan fingerprint density at radius 1 is 0.932 bits per heavy atom. The molecule has 6 rings (SSSR count). The minimum absolute atomic E-state index is 0.0422. The van der Waals surface area contributed by atoms with Crippen molar-refractivity contribution >= 4 is 57.3 Å². The van der Waals surface area contributed by atoms with Gasteiger partial charge in [0.1, 0.15) is 18.1 Å². The van der Waals surface area contributed by atoms with Gasteiger partial charge in [-0.1, -0.05) is 107 Å². The maximum atomic E-state index is 13.5. The van der Waals surface area contributed by atoms with Gasteiger partial charge in [-0.2, -0.15) is 0 Å². The molecule has 1 aliphatic heterocycles. The van der Waals surface area contributed by atoms with E-state index in [1.54, 1.807) is 48.5 Å². The number of amides is 1. The van der Waals surface area contributed by atoms with E-state index in [-0.39, 0.29) is 16.5 Å². The highest BCUT2D eigenvalue weighted by Crippen LogP contribution is 2.44. The van der Waals surface area contributed by atoms with Crippen molar-refractivity contribution < 1.29 is 19.4 Å². The van der Waals surface area contributed by atoms with Crippen molar-refractivity contribution in [2.75, 3.05) is 4.90 Å². The van der Waals surface area contributed by atoms with E-state index < -0.39 is 17.7 Å². The van der Waals surface area contributed by atoms with Gasteiger partial charge in [-0.05, 0) is 60.0 Å². The molecule has 0 aliphatic carbocycles. The molecule has 1 fully saturated rings. The molecular formula is C34H26ClN3O4S2. The first-order valence-electron chi connectivity index (χ1n) is 13.7. The van der Waals surface area contributed by atoms with Gasteiger partial charge >= 0.3 is 5.91 Å². The smallest absolute Gasteiger partial charge is 0.301 e. The third kappa shape index (κ3) is 6.40. The number of benzene rings is 4. The lowest BCUT2D eigenvalue weighted by atomic mass is 9.95. The molecule has 0 saturated carbocycles. The quantitative estimate of drug-likeness (QED) is 0.0574. The molecule has 44 heavy (non-hydrogen) atoms. The Kier molecular flexibility index (Phi) is 8.79. The monoisotopic (exact) mass is 639 g/mol. The molecule has 1 saturated heterocycles. The molecule has 4 aromatic carbocycles. The Bertz CT molecular complexity index is 1840. The average Bonchev–Trinajstić information content (AvgIpc) is 3.61. The number of ketones is 1. The summed E-state index contributed by atoms with van der Waals surface area (Å²) in [6, 6.07) is 30.7. The summed E-state index contributed by atoms with van der Waals surface area (Å²) in [5, 5.41) is 20.8. The lowest BCUT2D eigenvalue weighted by Gasteiger charge is -2.22. The molecule has 1 aliphatic rings. The van der Waals surface area contributed by atoms with Crippen molar-refractivity contribution in [3.63, 3.8) is 0 Å². The van der Waals surface area contributed by atoms with E-state index in [0.717, 1.165) is 16.7 Å². The Hall–Kier alpha value is -4.44. The Balaban J connectivity index is 1.30. The number of aromatic nitrogens is 2. The Labute approximate surface area is 267 Å². The molecule has 7 nitrogen and oxygen atoms in total. The van der Waals surface area contributed by atoms with Crippen LogP contribution in [0, 0.1) is 6.92 Å². The van der Waals surface area contributed by atoms with Gasteiger partial charge in [0.15, 0.2) is 4.34 Å². The Morgan fingerprint density at radius 2 is 1.66 bits per heavy atom. The molecule has 10 heteroatoms. The van der Waals surface area contributed by atoms with Crippen LogP contribution >= 0.6 is 34.7 Å². The summed E-state index contributed by atoms with van der Waals surface area (Å²) in [4.78, 5) is 28.3. The summed E-state index contributed by atoms with van der Waals surface area (Å²) in [6.45, 7) is 2.42. The standard InChI is InChI=1S/C34H26ClN3O4S2/c1-21-6-5-9-23(18-21)19-42-27-16-12-25(13-17-27)30(39)28-29(24-10-14-26(35)15-11-24)38(32(41)31(28)40)33-36-37-34(44-33)43-20-22-7-3-2-4-8-22/h2-18,29,39H,19-20H2,1H3/b30-28+. The number of hydrogen-bond acceptors (Lipinski definition) is 8. The maximum Gasteiger partial charge on any atom is 0.301 e. The fourth-order valence-electron chi connectivity index (χ4n) is 4.90. The topological polar surface area (TPSA) is 92.6 Å². The number of thioether (sulfide) groups is 1. The van der Waals surface area contributed by atoms with E-state index in [1.165, 1.54) is 28.0 Å². The fraction of sp³-hybridized carbons (Fsp3) is 0.118. The van der Waals surface area contributed by atoms with E-state index >= 15 is 0 Å². The van der Waals surface area contributed by atoms with Crippen molar-refractivity contribution in [2.24, 2.45) is 0 Å². The van der Waals surface area contributed by atoms with Crippen LogP contribution in [0.15, 0.2) is 113 Å². The lowest BCUT2D eigenvalue weighted by molar-refractivity contribution is -0.132. The van der Waals surface area contributed by atoms with Crippen LogP contribution in [0.2, 0.25) is 5.02 Å². The van der Waals surface area contributed by atoms with Gasteiger partial charge in [0.2, 0.25) is 5.13 Å². The van der Waals surface area contributed by atoms with Gasteiger partial charge in [-0.15, -0.1) is 10.2 Å². The number of Topliss-reactive ketones (excluding diaryl/α,β-unsaturated/α-hetero) is 1. The van der Waals surface area contributed by atoms with Gasteiger partial charge in [-0.25, -0.2) is 0 Å². The van der Waals surface area contributed by atoms with Crippen molar-refractivity contribution in [1.82, 2.24) is 10.2 Å². The number of hydrogen-bond donors (Lipinski definition) is 1. The first-order valence-corrected chi connectivity index (χ1v) is 15.9. The zero-order valence-electron chi connectivity index (χ0n) is 23.5. The van der Waals surface area contributed by atoms with Crippen LogP contribution < -0.4 is 9.64 Å². The normalized spacial score (nSPS) is 16.0. The van der Waals surface area contributed by atoms with Crippen LogP contribution in [0.5, 0.6) is 5.75 Å². The van der Waals surface area contributed by atoms with Gasteiger partial charge < -0.3 is 9.84 Å². The number of ether oxygens (including phenoxy) is 1. The van der Waals surface area contributed by atoms with Gasteiger partial charge in [0, 0.05) is 16.3 Å². The van der Waals surface area contributed by atoms with E-state index in [0.29, 0.717) is 38.6 Å². The highest BCUT2D eigenvalue weighted by molar-refractivity contribution is 8.00. The van der Waals surface area contributed by atoms with Crippen LogP contribution in [0.25, 0.3) is 5.76 Å². The molecule has 2 heterocycles. The number of carbonyl (C=O) groups is 2. The third-order valence-corrected chi connectivity index (χ3v) is 9.43. The van der Waals surface area contributed by atoms with Gasteiger partial charge in [-0.3, -0.25) is 14.5 Å². The number of anilines is 1. The summed E-state index contributed by atoms with van der Waals surface area (Å²) < 4.78 is 6.57. The zero-order valence-corrected chi connectivity index (χ0v) is 25.9. The molecule has 0 radical (unpaired) electrons. The fourth-order valence-corrected chi connectivity index (χ4v) is 6.85. The second-order valence-corrected chi connectivity index (χ2v) is 12.8. The van der Waals surface area contributed by atoms with E-state index in [9.17, 15) is 14.7 Å². The number of aliphatic hydroxyl groups is 1. The highest BCUT2D eigenvalue weighted by Gasteiger charge is 2.48. The number of nitrogens with zero attached hydrogens (tertiary/aromatic N) is 3. The van der Waals surface area contributed by atoms with Crippen molar-refractivity contribution in [3.05, 3.63) is 142 Å². The van der Waals surface area contributed by atoms with Crippen LogP contribution in [0.1, 0.15) is 33.9 Å². The minimum Gasteiger partial charge on any atom is -0.507 e. The summed E-state index contributed by atoms with van der Waals surface area (Å²) >= 11 is 8.87. The van der Waals surface area contributed by atoms with Crippen LogP contribution in [0.3, 0.4) is 0 Å². The largest absolute Gasteiger partial charge is 0.507 e. The first-order chi connectivity index (χ1) is 21.4. The molecule has 1 amide bonds. The number of aryl methyl sites for hydroxylation is 1. The lowest BCUT2D eigenvalue weighted by Crippen LogP contribution is -2.29. The molecule has 0 bridgehead atoms. The van der Waals surface area contributed by atoms with Crippen LogP contribution in [0.4, 0.5) is 5.13 Å². The van der Waals surface area contributed by atoms with Crippen LogP contribution in [-0.4, -0.2) is 27.0 Å². The molecule has 0 spiro atoms. The SMILES string of the molecule is Cc1cccc(COc2ccc(/C(O)=C3\C(=O)C(=O)N(c4nnc(SCc5ccccc5)s4)C3c3ccc(Cl)cc3)cc2)c1. The molecule has 1 unspecified atom stereocenters. The number of carbonyl (C=O) groups excluding carboxylic acids is 2. The van der Waals surface area contributed by atoms with Crippen molar-refractivity contribution in [3.8, 4) is 5.75 Å². The third-order valence-electron chi connectivity index (χ3n) is 7.05. The zero-order chi connectivity index (χ0) is 30.6. The number of rotatable bonds is 9. The van der Waals surface area contributed by atoms with E-state index in [1.807, 2.05) is 55.5 Å². The summed E-state index contributed by atoms with van der Waals surface area (Å²) in [6.07, 6.45) is 0. The van der Waals surface area contributed by atoms with E-state index in [2.05, 4.69) is 16.3 Å². The summed E-state index contributed by atoms with van der Waals surface area (Å²) in [7, 11) is 0. The minimum atomic E-state index is -0.926. The molecule has 1 aromatic heterocycles. The maximum absolute atomic E-state index is 13.5. The van der Waals surface area contributed by atoms with Gasteiger partial charge in [0.25, 0.3) is 5.78 Å². The molecule has 1 N–H and O–H groups in total. The summed E-state index contributed by atoms with van der Waals surface area (Å²) in [5.74, 6) is -0.609. The predicted molar refractivity (Wildman–Crippen MR) is 174 cm³/mol. The molecule has 1 atom stereocenters. The number of halogens is 1. The van der Waals surface area contributed by atoms with Gasteiger partial charge in [0.05, 0.1) is 11.6 Å². The van der Waals surface area contributed by atoms with E-state index in [4.69, 9.17) is 16.3 Å². The highest BCUT2D eigenvalue weighted by atomic mass is 35.5. The Morgan fingerprint density at radius 3 is 2.39 bits per heavy atom. The molecule has 220 valence electrons. The first kappa shape index (κ1) is 29.6.